The minimum Gasteiger partial charge on any atom is -0.465 e. The van der Waals surface area contributed by atoms with Crippen LogP contribution in [0.1, 0.15) is 58.3 Å². The molecule has 0 heterocycles. The van der Waals surface area contributed by atoms with E-state index < -0.39 is 17.5 Å². The van der Waals surface area contributed by atoms with Crippen LogP contribution < -0.4 is 11.1 Å². The van der Waals surface area contributed by atoms with E-state index in [2.05, 4.69) is 23.5 Å². The Morgan fingerprint density at radius 2 is 1.49 bits per heavy atom. The fraction of sp³-hybridized carbons (Fsp3) is 0.214. The van der Waals surface area contributed by atoms with E-state index >= 15 is 0 Å². The van der Waals surface area contributed by atoms with Crippen molar-refractivity contribution in [1.82, 2.24) is 5.32 Å². The summed E-state index contributed by atoms with van der Waals surface area (Å²) in [5, 5.41) is 3.78. The maximum absolute atomic E-state index is 12.4. The zero-order valence-electron chi connectivity index (χ0n) is 19.3. The Bertz CT molecular complexity index is 1250. The van der Waals surface area contributed by atoms with Crippen LogP contribution in [0, 0.1) is 0 Å². The minimum atomic E-state index is -1.21. The number of hydrogen-bond acceptors (Lipinski definition) is 3. The van der Waals surface area contributed by atoms with Crippen LogP contribution >= 0.6 is 23.2 Å². The van der Waals surface area contributed by atoms with Crippen LogP contribution in [0.3, 0.4) is 0 Å². The Hall–Kier alpha value is -3.28. The molecule has 2 amide bonds. The number of rotatable bonds is 6. The normalized spacial score (nSPS) is 15.0. The highest BCUT2D eigenvalue weighted by Gasteiger charge is 2.38. The lowest BCUT2D eigenvalue weighted by atomic mass is 9.76. The molecule has 7 heteroatoms. The van der Waals surface area contributed by atoms with Crippen molar-refractivity contribution in [1.29, 1.82) is 0 Å². The summed E-state index contributed by atoms with van der Waals surface area (Å²) < 4.78 is 4.83. The van der Waals surface area contributed by atoms with Crippen LogP contribution in [-0.2, 0) is 10.3 Å². The maximum atomic E-state index is 12.4. The highest BCUT2D eigenvalue weighted by Crippen LogP contribution is 2.40. The first kappa shape index (κ1) is 24.8. The lowest BCUT2D eigenvalue weighted by Crippen LogP contribution is -2.50. The average molecular weight is 509 g/mol. The molecule has 5 nitrogen and oxygen atoms in total. The van der Waals surface area contributed by atoms with Crippen molar-refractivity contribution in [3.05, 3.63) is 111 Å². The number of benzene rings is 3. The molecule has 0 bridgehead atoms. The molecule has 0 aromatic heterocycles. The summed E-state index contributed by atoms with van der Waals surface area (Å²) in [6, 6.07) is 19.3. The fourth-order valence-corrected chi connectivity index (χ4v) is 5.21. The Kier molecular flexibility index (Phi) is 7.48. The average Bonchev–Trinajstić information content (AvgIpc) is 2.87. The Morgan fingerprint density at radius 3 is 2.00 bits per heavy atom. The first-order chi connectivity index (χ1) is 16.8. The van der Waals surface area contributed by atoms with Gasteiger partial charge in [0.1, 0.15) is 5.54 Å². The molecule has 0 fully saturated rings. The first-order valence-electron chi connectivity index (χ1n) is 11.4. The van der Waals surface area contributed by atoms with Crippen molar-refractivity contribution in [3.63, 3.8) is 0 Å². The third-order valence-corrected chi connectivity index (χ3v) is 6.76. The van der Waals surface area contributed by atoms with Crippen LogP contribution in [-0.4, -0.2) is 19.1 Å². The number of esters is 1. The van der Waals surface area contributed by atoms with Gasteiger partial charge in [0.15, 0.2) is 0 Å². The number of amides is 2. The second kappa shape index (κ2) is 10.5. The molecule has 1 atom stereocenters. The van der Waals surface area contributed by atoms with E-state index in [9.17, 15) is 9.59 Å². The van der Waals surface area contributed by atoms with Crippen molar-refractivity contribution in [2.75, 3.05) is 7.11 Å². The number of allylic oxidation sites excluding steroid dienone is 2. The standard InChI is InChI=1S/C28H26Cl2N2O3/c1-35-26(33)20-9-13-22(14-10-20)28(32-27(31)34,23-15-24(29)17-25(30)16-23)21-11-7-19(8-12-21)18-5-3-2-4-6-18/h5,7-17H,2-4,6H2,1H3,(H3,31,32,34). The van der Waals surface area contributed by atoms with Gasteiger partial charge in [0.2, 0.25) is 0 Å². The van der Waals surface area contributed by atoms with Gasteiger partial charge in [-0.2, -0.15) is 0 Å². The number of primary amides is 1. The van der Waals surface area contributed by atoms with Gasteiger partial charge in [-0.1, -0.05) is 65.7 Å². The molecule has 1 unspecified atom stereocenters. The van der Waals surface area contributed by atoms with Gasteiger partial charge in [-0.25, -0.2) is 9.59 Å². The highest BCUT2D eigenvalue weighted by molar-refractivity contribution is 6.34. The number of urea groups is 1. The monoisotopic (exact) mass is 508 g/mol. The summed E-state index contributed by atoms with van der Waals surface area (Å²) in [6.45, 7) is 0. The molecule has 0 saturated heterocycles. The van der Waals surface area contributed by atoms with Gasteiger partial charge in [-0.05, 0) is 83.8 Å². The Balaban J connectivity index is 1.93. The molecule has 3 aromatic rings. The molecular formula is C28H26Cl2N2O3. The van der Waals surface area contributed by atoms with Crippen molar-refractivity contribution in [3.8, 4) is 0 Å². The lowest BCUT2D eigenvalue weighted by molar-refractivity contribution is 0.0600. The molecule has 3 aromatic carbocycles. The molecule has 4 rings (SSSR count). The molecule has 1 aliphatic rings. The van der Waals surface area contributed by atoms with E-state index in [4.69, 9.17) is 33.7 Å². The predicted molar refractivity (Wildman–Crippen MR) is 140 cm³/mol. The molecule has 35 heavy (non-hydrogen) atoms. The summed E-state index contributed by atoms with van der Waals surface area (Å²) in [4.78, 5) is 24.4. The van der Waals surface area contributed by atoms with Gasteiger partial charge in [-0.15, -0.1) is 0 Å². The van der Waals surface area contributed by atoms with E-state index in [1.807, 2.05) is 12.1 Å². The second-order valence-corrected chi connectivity index (χ2v) is 9.39. The quantitative estimate of drug-likeness (QED) is 0.287. The van der Waals surface area contributed by atoms with E-state index in [-0.39, 0.29) is 0 Å². The van der Waals surface area contributed by atoms with Crippen molar-refractivity contribution >= 4 is 40.8 Å². The third kappa shape index (κ3) is 5.21. The van der Waals surface area contributed by atoms with Gasteiger partial charge >= 0.3 is 12.0 Å². The van der Waals surface area contributed by atoms with Gasteiger partial charge in [0.05, 0.1) is 12.7 Å². The molecular weight excluding hydrogens is 483 g/mol. The Labute approximate surface area is 214 Å². The van der Waals surface area contributed by atoms with Crippen LogP contribution in [0.4, 0.5) is 4.79 Å². The van der Waals surface area contributed by atoms with Gasteiger partial charge < -0.3 is 15.8 Å². The summed E-state index contributed by atoms with van der Waals surface area (Å²) in [5.41, 5.74) is 9.42. The molecule has 0 saturated carbocycles. The molecule has 1 aliphatic carbocycles. The first-order valence-corrected chi connectivity index (χ1v) is 12.1. The van der Waals surface area contributed by atoms with Crippen LogP contribution in [0.2, 0.25) is 10.0 Å². The molecule has 0 spiro atoms. The van der Waals surface area contributed by atoms with Crippen molar-refractivity contribution in [2.45, 2.75) is 31.2 Å². The summed E-state index contributed by atoms with van der Waals surface area (Å²) in [5.74, 6) is -0.457. The minimum absolute atomic E-state index is 0.382. The Morgan fingerprint density at radius 1 is 0.886 bits per heavy atom. The number of carbonyl (C=O) groups excluding carboxylic acids is 2. The van der Waals surface area contributed by atoms with Crippen LogP contribution in [0.5, 0.6) is 0 Å². The summed E-state index contributed by atoms with van der Waals surface area (Å²) >= 11 is 12.8. The van der Waals surface area contributed by atoms with Crippen LogP contribution in [0.15, 0.2) is 72.8 Å². The van der Waals surface area contributed by atoms with Crippen molar-refractivity contribution < 1.29 is 14.3 Å². The maximum Gasteiger partial charge on any atom is 0.337 e. The number of methoxy groups -OCH3 is 1. The smallest absolute Gasteiger partial charge is 0.337 e. The zero-order chi connectivity index (χ0) is 25.0. The number of halogens is 2. The number of carbonyl (C=O) groups is 2. The molecule has 0 radical (unpaired) electrons. The number of nitrogens with two attached hydrogens (primary N) is 1. The fourth-order valence-electron chi connectivity index (χ4n) is 4.68. The third-order valence-electron chi connectivity index (χ3n) is 6.32. The van der Waals surface area contributed by atoms with Crippen molar-refractivity contribution in [2.24, 2.45) is 5.73 Å². The zero-order valence-corrected chi connectivity index (χ0v) is 20.8. The van der Waals surface area contributed by atoms with Crippen LogP contribution in [0.25, 0.3) is 5.57 Å². The summed E-state index contributed by atoms with van der Waals surface area (Å²) in [7, 11) is 1.33. The molecule has 0 aliphatic heterocycles. The molecule has 180 valence electrons. The van der Waals surface area contributed by atoms with Gasteiger partial charge in [0.25, 0.3) is 0 Å². The van der Waals surface area contributed by atoms with E-state index in [0.717, 1.165) is 24.0 Å². The number of nitrogens with one attached hydrogen (secondary N) is 1. The van der Waals surface area contributed by atoms with Gasteiger partial charge in [-0.3, -0.25) is 0 Å². The number of ether oxygens (including phenoxy) is 1. The van der Waals surface area contributed by atoms with E-state index in [1.54, 1.807) is 42.5 Å². The summed E-state index contributed by atoms with van der Waals surface area (Å²) in [6.07, 6.45) is 6.80. The van der Waals surface area contributed by atoms with E-state index in [1.165, 1.54) is 25.5 Å². The van der Waals surface area contributed by atoms with E-state index in [0.29, 0.717) is 26.7 Å². The van der Waals surface area contributed by atoms with Gasteiger partial charge in [0, 0.05) is 10.0 Å². The second-order valence-electron chi connectivity index (χ2n) is 8.52. The SMILES string of the molecule is COC(=O)c1ccc(C(NC(N)=O)(c2ccc(C3=CCCCC3)cc2)c2cc(Cl)cc(Cl)c2)cc1. The number of hydrogen-bond donors (Lipinski definition) is 2. The predicted octanol–water partition coefficient (Wildman–Crippen LogP) is 6.70. The lowest BCUT2D eigenvalue weighted by Gasteiger charge is -2.36. The highest BCUT2D eigenvalue weighted by atomic mass is 35.5. The largest absolute Gasteiger partial charge is 0.465 e. The topological polar surface area (TPSA) is 81.4 Å². The molecule has 3 N–H and O–H groups in total.